The Morgan fingerprint density at radius 3 is 2.96 bits per heavy atom. The Kier molecular flexibility index (Phi) is 4.99. The van der Waals surface area contributed by atoms with Crippen molar-refractivity contribution in [3.63, 3.8) is 0 Å². The zero-order valence-electron chi connectivity index (χ0n) is 13.4. The maximum Gasteiger partial charge on any atom is 0.257 e. The van der Waals surface area contributed by atoms with Crippen LogP contribution in [0, 0.1) is 5.92 Å². The van der Waals surface area contributed by atoms with Crippen LogP contribution in [-0.2, 0) is 10.3 Å². The summed E-state index contributed by atoms with van der Waals surface area (Å²) in [7, 11) is 0. The number of rotatable bonds is 2. The second-order valence-electron chi connectivity index (χ2n) is 6.12. The lowest BCUT2D eigenvalue weighted by atomic mass is 9.80. The number of ether oxygens (including phenoxy) is 1. The van der Waals surface area contributed by atoms with E-state index in [1.165, 1.54) is 4.88 Å². The molecular formula is C18H17BrN2O2S2. The van der Waals surface area contributed by atoms with Crippen molar-refractivity contribution in [3.8, 4) is 0 Å². The maximum absolute atomic E-state index is 12.5. The molecule has 2 aromatic rings. The average Bonchev–Trinajstić information content (AvgIpc) is 3.09. The zero-order valence-corrected chi connectivity index (χ0v) is 16.6. The van der Waals surface area contributed by atoms with Gasteiger partial charge in [-0.05, 0) is 34.1 Å². The lowest BCUT2D eigenvalue weighted by Gasteiger charge is -2.43. The zero-order chi connectivity index (χ0) is 17.3. The van der Waals surface area contributed by atoms with Gasteiger partial charge >= 0.3 is 0 Å². The number of nitrogens with zero attached hydrogens (tertiary/aromatic N) is 1. The summed E-state index contributed by atoms with van der Waals surface area (Å²) < 4.78 is 6.78. The predicted octanol–water partition coefficient (Wildman–Crippen LogP) is 4.28. The van der Waals surface area contributed by atoms with Gasteiger partial charge in [-0.2, -0.15) is 0 Å². The Balaban J connectivity index is 1.65. The number of thioether (sulfide) groups is 1. The van der Waals surface area contributed by atoms with Crippen molar-refractivity contribution < 1.29 is 9.53 Å². The summed E-state index contributed by atoms with van der Waals surface area (Å²) >= 11 is 6.87. The molecule has 0 bridgehead atoms. The van der Waals surface area contributed by atoms with Crippen LogP contribution in [0.4, 0.5) is 0 Å². The van der Waals surface area contributed by atoms with E-state index in [4.69, 9.17) is 9.73 Å². The normalized spacial score (nSPS) is 25.8. The molecule has 0 aliphatic carbocycles. The summed E-state index contributed by atoms with van der Waals surface area (Å²) in [5.74, 6) is 1.11. The molecule has 0 spiro atoms. The first-order chi connectivity index (χ1) is 12.2. The number of amidine groups is 1. The Bertz CT molecular complexity index is 808. The van der Waals surface area contributed by atoms with Crippen LogP contribution in [-0.4, -0.2) is 30.0 Å². The fourth-order valence-corrected chi connectivity index (χ4v) is 6.07. The topological polar surface area (TPSA) is 50.7 Å². The number of halogens is 1. The molecule has 2 aliphatic rings. The minimum atomic E-state index is -0.292. The van der Waals surface area contributed by atoms with E-state index in [2.05, 4.69) is 32.7 Å². The number of benzene rings is 1. The van der Waals surface area contributed by atoms with E-state index in [1.54, 1.807) is 23.1 Å². The summed E-state index contributed by atoms with van der Waals surface area (Å²) in [4.78, 5) is 18.8. The quantitative estimate of drug-likeness (QED) is 0.764. The van der Waals surface area contributed by atoms with Crippen molar-refractivity contribution in [2.45, 2.75) is 12.0 Å². The Morgan fingerprint density at radius 1 is 1.36 bits per heavy atom. The van der Waals surface area contributed by atoms with Crippen LogP contribution in [0.2, 0.25) is 0 Å². The van der Waals surface area contributed by atoms with Crippen molar-refractivity contribution in [2.24, 2.45) is 10.9 Å². The van der Waals surface area contributed by atoms with E-state index in [0.717, 1.165) is 16.6 Å². The number of aliphatic imine (C=N–C) groups is 1. The molecule has 3 heterocycles. The van der Waals surface area contributed by atoms with Gasteiger partial charge < -0.3 is 10.1 Å². The average molecular weight is 437 g/mol. The number of amides is 1. The molecule has 4 rings (SSSR count). The summed E-state index contributed by atoms with van der Waals surface area (Å²) in [6.07, 6.45) is 0.843. The standard InChI is InChI=1S/C18H17BrN2O2S2/c19-14-8-15(24-11-14)18-6-7-23-9-13(18)10-25-17(21-18)20-16(22)12-4-2-1-3-5-12/h1-5,8,11,13H,6-7,9-10H2,(H,20,21,22). The molecule has 1 aromatic heterocycles. The molecule has 7 heteroatoms. The molecule has 1 amide bonds. The molecule has 1 aromatic carbocycles. The fourth-order valence-electron chi connectivity index (χ4n) is 3.26. The van der Waals surface area contributed by atoms with Gasteiger partial charge in [0.05, 0.1) is 6.61 Å². The molecule has 2 unspecified atom stereocenters. The van der Waals surface area contributed by atoms with Gasteiger partial charge in [-0.3, -0.25) is 4.79 Å². The number of hydrogen-bond donors (Lipinski definition) is 1. The minimum Gasteiger partial charge on any atom is -0.381 e. The molecule has 25 heavy (non-hydrogen) atoms. The van der Waals surface area contributed by atoms with Crippen LogP contribution in [0.3, 0.4) is 0 Å². The highest BCUT2D eigenvalue weighted by atomic mass is 79.9. The van der Waals surface area contributed by atoms with Gasteiger partial charge in [0.2, 0.25) is 0 Å². The predicted molar refractivity (Wildman–Crippen MR) is 106 cm³/mol. The molecule has 4 nitrogen and oxygen atoms in total. The van der Waals surface area contributed by atoms with E-state index in [0.29, 0.717) is 29.9 Å². The SMILES string of the molecule is O=C(NC1=NC2(c3cc(Br)cs3)CCOCC2CS1)c1ccccc1. The molecule has 1 saturated heterocycles. The molecule has 0 saturated carbocycles. The highest BCUT2D eigenvalue weighted by molar-refractivity contribution is 9.10. The van der Waals surface area contributed by atoms with Crippen molar-refractivity contribution in [2.75, 3.05) is 19.0 Å². The van der Waals surface area contributed by atoms with E-state index in [1.807, 2.05) is 30.3 Å². The number of carbonyl (C=O) groups is 1. The van der Waals surface area contributed by atoms with Gasteiger partial charge in [0.15, 0.2) is 5.17 Å². The molecule has 2 aliphatic heterocycles. The van der Waals surface area contributed by atoms with Crippen LogP contribution < -0.4 is 5.32 Å². The molecular weight excluding hydrogens is 420 g/mol. The first-order valence-electron chi connectivity index (χ1n) is 8.09. The first kappa shape index (κ1) is 17.3. The molecule has 1 N–H and O–H groups in total. The monoisotopic (exact) mass is 436 g/mol. The largest absolute Gasteiger partial charge is 0.381 e. The molecule has 1 fully saturated rings. The number of nitrogens with one attached hydrogen (secondary N) is 1. The summed E-state index contributed by atoms with van der Waals surface area (Å²) in [5, 5.41) is 5.79. The molecule has 0 radical (unpaired) electrons. The number of carbonyl (C=O) groups excluding carboxylic acids is 1. The van der Waals surface area contributed by atoms with Crippen molar-refractivity contribution in [1.82, 2.24) is 5.32 Å². The van der Waals surface area contributed by atoms with Crippen LogP contribution in [0.15, 0.2) is 51.2 Å². The Morgan fingerprint density at radius 2 is 2.20 bits per heavy atom. The Hall–Kier alpha value is -1.15. The number of fused-ring (bicyclic) bond motifs is 1. The van der Waals surface area contributed by atoms with Gasteiger partial charge in [0.1, 0.15) is 5.54 Å². The van der Waals surface area contributed by atoms with Crippen LogP contribution in [0.1, 0.15) is 21.7 Å². The van der Waals surface area contributed by atoms with Gasteiger partial charge in [0, 0.05) is 45.0 Å². The first-order valence-corrected chi connectivity index (χ1v) is 10.7. The highest BCUT2D eigenvalue weighted by Gasteiger charge is 2.46. The lowest BCUT2D eigenvalue weighted by molar-refractivity contribution is 0.0113. The van der Waals surface area contributed by atoms with E-state index >= 15 is 0 Å². The van der Waals surface area contributed by atoms with E-state index in [-0.39, 0.29) is 11.4 Å². The van der Waals surface area contributed by atoms with Gasteiger partial charge in [-0.15, -0.1) is 11.3 Å². The number of thiophene rings is 1. The molecule has 130 valence electrons. The minimum absolute atomic E-state index is 0.111. The summed E-state index contributed by atoms with van der Waals surface area (Å²) in [5.41, 5.74) is 0.354. The second kappa shape index (κ2) is 7.23. The smallest absolute Gasteiger partial charge is 0.257 e. The highest BCUT2D eigenvalue weighted by Crippen LogP contribution is 2.47. The van der Waals surface area contributed by atoms with Crippen LogP contribution in [0.25, 0.3) is 0 Å². The van der Waals surface area contributed by atoms with Crippen molar-refractivity contribution >= 4 is 50.1 Å². The summed E-state index contributed by atoms with van der Waals surface area (Å²) in [6, 6.07) is 11.4. The third-order valence-corrected chi connectivity index (χ3v) is 7.49. The number of hydrogen-bond acceptors (Lipinski definition) is 5. The summed E-state index contributed by atoms with van der Waals surface area (Å²) in [6.45, 7) is 1.41. The fraction of sp³-hybridized carbons (Fsp3) is 0.333. The molecule has 2 atom stereocenters. The lowest BCUT2D eigenvalue weighted by Crippen LogP contribution is -2.47. The third kappa shape index (κ3) is 3.43. The third-order valence-electron chi connectivity index (χ3n) is 4.59. The Labute approximate surface area is 163 Å². The van der Waals surface area contributed by atoms with Gasteiger partial charge in [0.25, 0.3) is 5.91 Å². The van der Waals surface area contributed by atoms with Gasteiger partial charge in [-0.25, -0.2) is 4.99 Å². The van der Waals surface area contributed by atoms with Crippen LogP contribution in [0.5, 0.6) is 0 Å². The van der Waals surface area contributed by atoms with Crippen molar-refractivity contribution in [3.05, 3.63) is 56.7 Å². The van der Waals surface area contributed by atoms with Gasteiger partial charge in [-0.1, -0.05) is 30.0 Å². The van der Waals surface area contributed by atoms with E-state index < -0.39 is 0 Å². The maximum atomic E-state index is 12.5. The van der Waals surface area contributed by atoms with E-state index in [9.17, 15) is 4.79 Å². The van der Waals surface area contributed by atoms with Crippen molar-refractivity contribution in [1.29, 1.82) is 0 Å². The second-order valence-corrected chi connectivity index (χ2v) is 8.96. The van der Waals surface area contributed by atoms with Crippen LogP contribution >= 0.6 is 39.0 Å².